The zero-order chi connectivity index (χ0) is 13.2. The van der Waals surface area contributed by atoms with Gasteiger partial charge in [-0.15, -0.1) is 0 Å². The molecule has 1 aliphatic rings. The van der Waals surface area contributed by atoms with E-state index in [0.29, 0.717) is 6.42 Å². The van der Waals surface area contributed by atoms with Crippen molar-refractivity contribution in [3.63, 3.8) is 0 Å². The number of hydrogen-bond donors (Lipinski definition) is 1. The van der Waals surface area contributed by atoms with Crippen LogP contribution in [-0.4, -0.2) is 16.1 Å². The SMILES string of the molecule is Fc1ccccc1CCc1nc(Br)c2n1CCCN2. The van der Waals surface area contributed by atoms with Gasteiger partial charge in [-0.25, -0.2) is 9.37 Å². The molecule has 0 radical (unpaired) electrons. The monoisotopic (exact) mass is 323 g/mol. The van der Waals surface area contributed by atoms with Crippen molar-refractivity contribution in [2.45, 2.75) is 25.8 Å². The Balaban J connectivity index is 1.79. The number of imidazole rings is 1. The van der Waals surface area contributed by atoms with Crippen LogP contribution in [0.5, 0.6) is 0 Å². The summed E-state index contributed by atoms with van der Waals surface area (Å²) >= 11 is 3.48. The molecule has 5 heteroatoms. The van der Waals surface area contributed by atoms with Crippen LogP contribution in [0, 0.1) is 5.82 Å². The van der Waals surface area contributed by atoms with Gasteiger partial charge in [-0.2, -0.15) is 0 Å². The summed E-state index contributed by atoms with van der Waals surface area (Å²) in [6, 6.07) is 6.93. The van der Waals surface area contributed by atoms with Crippen LogP contribution in [0.4, 0.5) is 10.2 Å². The highest BCUT2D eigenvalue weighted by Crippen LogP contribution is 2.27. The molecule has 0 unspecified atom stereocenters. The number of anilines is 1. The van der Waals surface area contributed by atoms with Gasteiger partial charge >= 0.3 is 0 Å². The van der Waals surface area contributed by atoms with E-state index in [2.05, 4.69) is 30.8 Å². The number of halogens is 2. The van der Waals surface area contributed by atoms with Crippen LogP contribution in [0.1, 0.15) is 17.8 Å². The zero-order valence-electron chi connectivity index (χ0n) is 10.5. The van der Waals surface area contributed by atoms with Gasteiger partial charge in [0.2, 0.25) is 0 Å². The topological polar surface area (TPSA) is 29.9 Å². The van der Waals surface area contributed by atoms with Crippen LogP contribution < -0.4 is 5.32 Å². The molecule has 0 amide bonds. The third-order valence-electron chi connectivity index (χ3n) is 3.43. The molecule has 1 N–H and O–H groups in total. The minimum absolute atomic E-state index is 0.134. The maximum atomic E-state index is 13.6. The number of fused-ring (bicyclic) bond motifs is 1. The minimum Gasteiger partial charge on any atom is -0.369 e. The Morgan fingerprint density at radius 1 is 1.32 bits per heavy atom. The standard InChI is InChI=1S/C14H15BrFN3/c15-13-14-17-8-3-9-19(14)12(18-13)7-6-10-4-1-2-5-11(10)16/h1-2,4-5,17H,3,6-9H2. The molecule has 0 fully saturated rings. The summed E-state index contributed by atoms with van der Waals surface area (Å²) in [5.74, 6) is 1.93. The van der Waals surface area contributed by atoms with Crippen molar-refractivity contribution >= 4 is 21.7 Å². The van der Waals surface area contributed by atoms with Crippen molar-refractivity contribution in [2.75, 3.05) is 11.9 Å². The summed E-state index contributed by atoms with van der Waals surface area (Å²) in [6.07, 6.45) is 2.53. The summed E-state index contributed by atoms with van der Waals surface area (Å²) in [5.41, 5.74) is 0.750. The average Bonchev–Trinajstić information content (AvgIpc) is 2.75. The minimum atomic E-state index is -0.134. The van der Waals surface area contributed by atoms with E-state index in [0.717, 1.165) is 47.7 Å². The number of rotatable bonds is 3. The molecule has 100 valence electrons. The molecule has 0 spiro atoms. The van der Waals surface area contributed by atoms with E-state index in [1.165, 1.54) is 6.07 Å². The lowest BCUT2D eigenvalue weighted by atomic mass is 10.1. The maximum absolute atomic E-state index is 13.6. The third kappa shape index (κ3) is 2.52. The first-order valence-corrected chi connectivity index (χ1v) is 7.27. The fourth-order valence-electron chi connectivity index (χ4n) is 2.46. The second-order valence-corrected chi connectivity index (χ2v) is 5.44. The van der Waals surface area contributed by atoms with E-state index >= 15 is 0 Å². The average molecular weight is 324 g/mol. The molecule has 2 heterocycles. The Kier molecular flexibility index (Phi) is 3.55. The van der Waals surface area contributed by atoms with Gasteiger partial charge in [-0.1, -0.05) is 18.2 Å². The molecular formula is C14H15BrFN3. The Bertz CT molecular complexity index is 594. The van der Waals surface area contributed by atoms with Crippen LogP contribution in [0.15, 0.2) is 28.9 Å². The quantitative estimate of drug-likeness (QED) is 0.938. The fraction of sp³-hybridized carbons (Fsp3) is 0.357. The van der Waals surface area contributed by atoms with Gasteiger partial charge in [-0.3, -0.25) is 0 Å². The molecule has 0 bridgehead atoms. The van der Waals surface area contributed by atoms with Gasteiger partial charge in [0, 0.05) is 19.5 Å². The van der Waals surface area contributed by atoms with Crippen LogP contribution >= 0.6 is 15.9 Å². The number of benzene rings is 1. The number of nitrogens with one attached hydrogen (secondary N) is 1. The molecule has 0 saturated carbocycles. The number of aromatic nitrogens is 2. The molecule has 0 aliphatic carbocycles. The normalized spacial score (nSPS) is 14.0. The van der Waals surface area contributed by atoms with E-state index in [1.54, 1.807) is 6.07 Å². The fourth-order valence-corrected chi connectivity index (χ4v) is 3.02. The second-order valence-electron chi connectivity index (χ2n) is 4.69. The predicted octanol–water partition coefficient (Wildman–Crippen LogP) is 3.39. The lowest BCUT2D eigenvalue weighted by molar-refractivity contribution is 0.585. The van der Waals surface area contributed by atoms with Crippen LogP contribution in [0.2, 0.25) is 0 Å². The maximum Gasteiger partial charge on any atom is 0.148 e. The summed E-state index contributed by atoms with van der Waals surface area (Å²) in [4.78, 5) is 4.53. The van der Waals surface area contributed by atoms with Gasteiger partial charge in [0.25, 0.3) is 0 Å². The van der Waals surface area contributed by atoms with E-state index in [-0.39, 0.29) is 5.82 Å². The van der Waals surface area contributed by atoms with Crippen LogP contribution in [0.25, 0.3) is 0 Å². The van der Waals surface area contributed by atoms with Gasteiger partial charge < -0.3 is 9.88 Å². The number of aryl methyl sites for hydroxylation is 2. The highest BCUT2D eigenvalue weighted by atomic mass is 79.9. The molecule has 2 aromatic rings. The Labute approximate surface area is 120 Å². The van der Waals surface area contributed by atoms with Crippen molar-refractivity contribution < 1.29 is 4.39 Å². The highest BCUT2D eigenvalue weighted by molar-refractivity contribution is 9.10. The zero-order valence-corrected chi connectivity index (χ0v) is 12.1. The van der Waals surface area contributed by atoms with Crippen molar-refractivity contribution in [1.29, 1.82) is 0 Å². The first-order chi connectivity index (χ1) is 9.25. The van der Waals surface area contributed by atoms with Crippen LogP contribution in [-0.2, 0) is 19.4 Å². The Hall–Kier alpha value is -1.36. The summed E-state index contributed by atoms with van der Waals surface area (Å²) in [7, 11) is 0. The largest absolute Gasteiger partial charge is 0.369 e. The molecule has 0 atom stereocenters. The Morgan fingerprint density at radius 3 is 3.00 bits per heavy atom. The first kappa shape index (κ1) is 12.7. The highest BCUT2D eigenvalue weighted by Gasteiger charge is 2.18. The molecule has 3 rings (SSSR count). The summed E-state index contributed by atoms with van der Waals surface area (Å²) in [5, 5.41) is 3.34. The summed E-state index contributed by atoms with van der Waals surface area (Å²) < 4.78 is 16.6. The van der Waals surface area contributed by atoms with E-state index in [9.17, 15) is 4.39 Å². The van der Waals surface area contributed by atoms with E-state index < -0.39 is 0 Å². The molecule has 19 heavy (non-hydrogen) atoms. The number of nitrogens with zero attached hydrogens (tertiary/aromatic N) is 2. The van der Waals surface area contributed by atoms with Gasteiger partial charge in [0.15, 0.2) is 0 Å². The lowest BCUT2D eigenvalue weighted by Gasteiger charge is -2.18. The van der Waals surface area contributed by atoms with E-state index in [1.807, 2.05) is 12.1 Å². The molecular weight excluding hydrogens is 309 g/mol. The third-order valence-corrected chi connectivity index (χ3v) is 3.98. The summed E-state index contributed by atoms with van der Waals surface area (Å²) in [6.45, 7) is 1.96. The lowest BCUT2D eigenvalue weighted by Crippen LogP contribution is -2.18. The van der Waals surface area contributed by atoms with Gasteiger partial charge in [-0.05, 0) is 40.4 Å². The van der Waals surface area contributed by atoms with Gasteiger partial charge in [0.05, 0.1) is 0 Å². The Morgan fingerprint density at radius 2 is 2.16 bits per heavy atom. The van der Waals surface area contributed by atoms with Crippen molar-refractivity contribution in [3.05, 3.63) is 46.1 Å². The van der Waals surface area contributed by atoms with Gasteiger partial charge in [0.1, 0.15) is 22.1 Å². The molecule has 1 aliphatic heterocycles. The van der Waals surface area contributed by atoms with E-state index in [4.69, 9.17) is 0 Å². The smallest absolute Gasteiger partial charge is 0.148 e. The van der Waals surface area contributed by atoms with Crippen molar-refractivity contribution in [1.82, 2.24) is 9.55 Å². The van der Waals surface area contributed by atoms with Crippen molar-refractivity contribution in [2.24, 2.45) is 0 Å². The number of hydrogen-bond acceptors (Lipinski definition) is 2. The van der Waals surface area contributed by atoms with Crippen molar-refractivity contribution in [3.8, 4) is 0 Å². The van der Waals surface area contributed by atoms with Crippen LogP contribution in [0.3, 0.4) is 0 Å². The molecule has 1 aromatic heterocycles. The molecule has 3 nitrogen and oxygen atoms in total. The molecule has 1 aromatic carbocycles. The molecule has 0 saturated heterocycles. The predicted molar refractivity (Wildman–Crippen MR) is 76.8 cm³/mol. The first-order valence-electron chi connectivity index (χ1n) is 6.48. The second kappa shape index (κ2) is 5.33.